The molecule has 82 valence electrons. The number of ether oxygens (including phenoxy) is 1. The van der Waals surface area contributed by atoms with Gasteiger partial charge in [0, 0.05) is 13.2 Å². The van der Waals surface area contributed by atoms with Crippen LogP contribution >= 0.6 is 0 Å². The van der Waals surface area contributed by atoms with Gasteiger partial charge in [-0.15, -0.1) is 0 Å². The van der Waals surface area contributed by atoms with Crippen LogP contribution in [-0.4, -0.2) is 38.9 Å². The van der Waals surface area contributed by atoms with Gasteiger partial charge < -0.3 is 15.4 Å². The van der Waals surface area contributed by atoms with Crippen LogP contribution in [0.25, 0.3) is 0 Å². The Balaban J connectivity index is 1.57. The molecule has 0 amide bonds. The molecule has 2 aliphatic rings. The lowest BCUT2D eigenvalue weighted by Crippen LogP contribution is -2.32. The zero-order chi connectivity index (χ0) is 9.80. The van der Waals surface area contributed by atoms with Crippen molar-refractivity contribution in [3.8, 4) is 0 Å². The molecule has 2 fully saturated rings. The summed E-state index contributed by atoms with van der Waals surface area (Å²) in [5.41, 5.74) is 0. The highest BCUT2D eigenvalue weighted by Crippen LogP contribution is 2.15. The average Bonchev–Trinajstić information content (AvgIpc) is 2.78. The Kier molecular flexibility index (Phi) is 3.79. The summed E-state index contributed by atoms with van der Waals surface area (Å²) in [5, 5.41) is 6.96. The minimum atomic E-state index is 0.486. The van der Waals surface area contributed by atoms with Crippen LogP contribution in [0.5, 0.6) is 0 Å². The maximum absolute atomic E-state index is 5.57. The molecule has 2 aliphatic heterocycles. The van der Waals surface area contributed by atoms with Crippen molar-refractivity contribution in [3.05, 3.63) is 0 Å². The maximum Gasteiger partial charge on any atom is 0.0700 e. The Bertz CT molecular complexity index is 169. The Morgan fingerprint density at radius 1 is 1.36 bits per heavy atom. The topological polar surface area (TPSA) is 33.3 Å². The van der Waals surface area contributed by atoms with E-state index in [2.05, 4.69) is 17.6 Å². The van der Waals surface area contributed by atoms with Crippen molar-refractivity contribution in [1.82, 2.24) is 10.6 Å². The Hall–Kier alpha value is -0.120. The highest BCUT2D eigenvalue weighted by atomic mass is 16.5. The van der Waals surface area contributed by atoms with Crippen molar-refractivity contribution >= 4 is 0 Å². The predicted octanol–water partition coefficient (Wildman–Crippen LogP) is 0.611. The van der Waals surface area contributed by atoms with Crippen LogP contribution in [0, 0.1) is 11.8 Å². The van der Waals surface area contributed by atoms with E-state index in [1.165, 1.54) is 25.9 Å². The molecule has 0 spiro atoms. The van der Waals surface area contributed by atoms with Gasteiger partial charge in [-0.1, -0.05) is 6.92 Å². The van der Waals surface area contributed by atoms with Gasteiger partial charge in [-0.25, -0.2) is 0 Å². The number of nitrogens with one attached hydrogen (secondary N) is 2. The van der Waals surface area contributed by atoms with E-state index < -0.39 is 0 Å². The van der Waals surface area contributed by atoms with Gasteiger partial charge in [-0.05, 0) is 44.3 Å². The van der Waals surface area contributed by atoms with Crippen molar-refractivity contribution in [2.45, 2.75) is 25.9 Å². The quantitative estimate of drug-likeness (QED) is 0.694. The third-order valence-corrected chi connectivity index (χ3v) is 3.48. The highest BCUT2D eigenvalue weighted by molar-refractivity contribution is 4.80. The molecule has 2 N–H and O–H groups in total. The standard InChI is InChI=1S/C11H22N2O/c1-9-5-12-6-10(9)7-13-8-11-3-2-4-14-11/h9-13H,2-8H2,1H3. The minimum absolute atomic E-state index is 0.486. The summed E-state index contributed by atoms with van der Waals surface area (Å²) in [6, 6.07) is 0. The van der Waals surface area contributed by atoms with Crippen LogP contribution < -0.4 is 10.6 Å². The van der Waals surface area contributed by atoms with Crippen LogP contribution in [-0.2, 0) is 4.74 Å². The SMILES string of the molecule is CC1CNCC1CNCC1CCCO1. The molecule has 0 bridgehead atoms. The molecular weight excluding hydrogens is 176 g/mol. The summed E-state index contributed by atoms with van der Waals surface area (Å²) < 4.78 is 5.57. The Morgan fingerprint density at radius 3 is 2.93 bits per heavy atom. The average molecular weight is 198 g/mol. The molecule has 2 heterocycles. The van der Waals surface area contributed by atoms with Gasteiger partial charge >= 0.3 is 0 Å². The fraction of sp³-hybridized carbons (Fsp3) is 1.00. The summed E-state index contributed by atoms with van der Waals surface area (Å²) in [6.45, 7) is 7.86. The molecule has 3 atom stereocenters. The lowest BCUT2D eigenvalue weighted by molar-refractivity contribution is 0.109. The van der Waals surface area contributed by atoms with Crippen LogP contribution in [0.3, 0.4) is 0 Å². The van der Waals surface area contributed by atoms with Crippen molar-refractivity contribution in [2.75, 3.05) is 32.8 Å². The smallest absolute Gasteiger partial charge is 0.0700 e. The molecule has 3 unspecified atom stereocenters. The molecular formula is C11H22N2O. The van der Waals surface area contributed by atoms with Crippen LogP contribution in [0.2, 0.25) is 0 Å². The number of rotatable bonds is 4. The zero-order valence-corrected chi connectivity index (χ0v) is 9.09. The maximum atomic E-state index is 5.57. The van der Waals surface area contributed by atoms with Crippen LogP contribution in [0.1, 0.15) is 19.8 Å². The van der Waals surface area contributed by atoms with E-state index in [1.807, 2.05) is 0 Å². The Morgan fingerprint density at radius 2 is 2.29 bits per heavy atom. The first-order valence-electron chi connectivity index (χ1n) is 5.89. The van der Waals surface area contributed by atoms with Crippen molar-refractivity contribution in [3.63, 3.8) is 0 Å². The first-order valence-corrected chi connectivity index (χ1v) is 5.89. The predicted molar refractivity (Wildman–Crippen MR) is 57.4 cm³/mol. The Labute approximate surface area is 86.6 Å². The molecule has 0 aliphatic carbocycles. The summed E-state index contributed by atoms with van der Waals surface area (Å²) >= 11 is 0. The van der Waals surface area contributed by atoms with E-state index in [4.69, 9.17) is 4.74 Å². The highest BCUT2D eigenvalue weighted by Gasteiger charge is 2.23. The molecule has 0 saturated carbocycles. The zero-order valence-electron chi connectivity index (χ0n) is 9.09. The minimum Gasteiger partial charge on any atom is -0.377 e. The summed E-state index contributed by atoms with van der Waals surface area (Å²) in [6.07, 6.45) is 2.97. The van der Waals surface area contributed by atoms with Gasteiger partial charge in [0.1, 0.15) is 0 Å². The van der Waals surface area contributed by atoms with E-state index >= 15 is 0 Å². The van der Waals surface area contributed by atoms with E-state index in [9.17, 15) is 0 Å². The molecule has 2 rings (SSSR count). The summed E-state index contributed by atoms with van der Waals surface area (Å²) in [4.78, 5) is 0. The summed E-state index contributed by atoms with van der Waals surface area (Å²) in [7, 11) is 0. The van der Waals surface area contributed by atoms with E-state index in [1.54, 1.807) is 0 Å². The molecule has 0 aromatic rings. The lowest BCUT2D eigenvalue weighted by Gasteiger charge is -2.16. The van der Waals surface area contributed by atoms with Gasteiger partial charge in [0.05, 0.1) is 6.10 Å². The second kappa shape index (κ2) is 5.10. The number of hydrogen-bond acceptors (Lipinski definition) is 3. The monoisotopic (exact) mass is 198 g/mol. The normalized spacial score (nSPS) is 37.9. The molecule has 14 heavy (non-hydrogen) atoms. The van der Waals surface area contributed by atoms with E-state index in [0.717, 1.165) is 31.5 Å². The van der Waals surface area contributed by atoms with Crippen molar-refractivity contribution in [2.24, 2.45) is 11.8 Å². The summed E-state index contributed by atoms with van der Waals surface area (Å²) in [5.74, 6) is 1.64. The molecule has 3 heteroatoms. The molecule has 3 nitrogen and oxygen atoms in total. The van der Waals surface area contributed by atoms with Gasteiger partial charge in [0.15, 0.2) is 0 Å². The molecule has 0 aromatic heterocycles. The van der Waals surface area contributed by atoms with Crippen LogP contribution in [0.15, 0.2) is 0 Å². The van der Waals surface area contributed by atoms with Gasteiger partial charge in [0.25, 0.3) is 0 Å². The lowest BCUT2D eigenvalue weighted by atomic mass is 9.98. The van der Waals surface area contributed by atoms with Gasteiger partial charge in [-0.2, -0.15) is 0 Å². The molecule has 0 aromatic carbocycles. The van der Waals surface area contributed by atoms with Crippen LogP contribution in [0.4, 0.5) is 0 Å². The third kappa shape index (κ3) is 2.69. The van der Waals surface area contributed by atoms with Crippen molar-refractivity contribution < 1.29 is 4.74 Å². The van der Waals surface area contributed by atoms with Crippen molar-refractivity contribution in [1.29, 1.82) is 0 Å². The fourth-order valence-electron chi connectivity index (χ4n) is 2.37. The number of hydrogen-bond donors (Lipinski definition) is 2. The largest absolute Gasteiger partial charge is 0.377 e. The first-order chi connectivity index (χ1) is 6.86. The third-order valence-electron chi connectivity index (χ3n) is 3.48. The molecule has 0 radical (unpaired) electrons. The fourth-order valence-corrected chi connectivity index (χ4v) is 2.37. The first kappa shape index (κ1) is 10.4. The second-order valence-corrected chi connectivity index (χ2v) is 4.69. The van der Waals surface area contributed by atoms with E-state index in [-0.39, 0.29) is 0 Å². The second-order valence-electron chi connectivity index (χ2n) is 4.69. The van der Waals surface area contributed by atoms with Gasteiger partial charge in [-0.3, -0.25) is 0 Å². The van der Waals surface area contributed by atoms with Gasteiger partial charge in [0.2, 0.25) is 0 Å². The van der Waals surface area contributed by atoms with E-state index in [0.29, 0.717) is 6.10 Å². The molecule has 2 saturated heterocycles.